The van der Waals surface area contributed by atoms with Crippen LogP contribution in [0.15, 0.2) is 63.1 Å². The zero-order chi connectivity index (χ0) is 25.1. The van der Waals surface area contributed by atoms with Gasteiger partial charge < -0.3 is 15.7 Å². The van der Waals surface area contributed by atoms with E-state index < -0.39 is 46.1 Å². The maximum Gasteiger partial charge on any atom is 0.328 e. The maximum atomic E-state index is 13.8. The predicted octanol–water partition coefficient (Wildman–Crippen LogP) is 1.92. The van der Waals surface area contributed by atoms with Gasteiger partial charge in [-0.15, -0.1) is 0 Å². The topological polar surface area (TPSA) is 157 Å². The van der Waals surface area contributed by atoms with Gasteiger partial charge in [0.15, 0.2) is 5.17 Å². The van der Waals surface area contributed by atoms with Gasteiger partial charge in [-0.3, -0.25) is 24.4 Å². The summed E-state index contributed by atoms with van der Waals surface area (Å²) in [5.74, 6) is -2.30. The van der Waals surface area contributed by atoms with Crippen molar-refractivity contribution in [3.8, 4) is 5.88 Å². The molecule has 1 aromatic heterocycles. The van der Waals surface area contributed by atoms with E-state index in [1.807, 2.05) is 6.92 Å². The highest BCUT2D eigenvalue weighted by atomic mass is 32.2. The second-order valence-electron chi connectivity index (χ2n) is 7.75. The van der Waals surface area contributed by atoms with E-state index in [4.69, 9.17) is 0 Å². The molecule has 0 aliphatic carbocycles. The molecule has 2 heterocycles. The number of thioether (sulfide) groups is 1. The molecule has 2 aromatic carbocycles. The van der Waals surface area contributed by atoms with Gasteiger partial charge in [0, 0.05) is 6.42 Å². The standard InChI is InChI=1S/C23H20FN5O5S/c1-11-6-8-12(9-7-11)18(17-20(32)27-22(34)28-21(17)33)26-23-29-19(31)15(35-23)10-16(30)25-14-5-3-2-4-13(14)24/h2-9,15,18H,10H2,1H3,(H,25,30)(H,26,29,31)(H3,27,28,32,33,34)/t15-,18+/m1/s1. The molecular weight excluding hydrogens is 477 g/mol. The summed E-state index contributed by atoms with van der Waals surface area (Å²) in [6, 6.07) is 11.6. The number of halogens is 1. The number of nitrogens with zero attached hydrogens (tertiary/aromatic N) is 1. The van der Waals surface area contributed by atoms with E-state index in [2.05, 4.69) is 25.6 Å². The smallest absolute Gasteiger partial charge is 0.328 e. The lowest BCUT2D eigenvalue weighted by Gasteiger charge is -2.14. The fraction of sp³-hybridized carbons (Fsp3) is 0.174. The third-order valence-corrected chi connectivity index (χ3v) is 6.26. The minimum Gasteiger partial charge on any atom is -0.494 e. The van der Waals surface area contributed by atoms with Crippen molar-refractivity contribution in [2.45, 2.75) is 24.6 Å². The van der Waals surface area contributed by atoms with Crippen LogP contribution < -0.4 is 21.9 Å². The Morgan fingerprint density at radius 2 is 1.86 bits per heavy atom. The molecule has 0 bridgehead atoms. The molecule has 1 aliphatic heterocycles. The third-order valence-electron chi connectivity index (χ3n) is 5.17. The first-order valence-corrected chi connectivity index (χ1v) is 11.3. The molecule has 12 heteroatoms. The van der Waals surface area contributed by atoms with Gasteiger partial charge in [-0.05, 0) is 24.6 Å². The predicted molar refractivity (Wildman–Crippen MR) is 129 cm³/mol. The Hall–Kier alpha value is -4.19. The molecule has 0 unspecified atom stereocenters. The Bertz CT molecular complexity index is 1430. The Labute approximate surface area is 201 Å². The molecule has 5 N–H and O–H groups in total. The van der Waals surface area contributed by atoms with E-state index in [0.717, 1.165) is 17.3 Å². The number of hydrogen-bond donors (Lipinski definition) is 5. The molecule has 2 amide bonds. The molecule has 0 radical (unpaired) electrons. The van der Waals surface area contributed by atoms with E-state index in [-0.39, 0.29) is 22.8 Å². The van der Waals surface area contributed by atoms with Crippen LogP contribution in [0, 0.1) is 12.7 Å². The van der Waals surface area contributed by atoms with Gasteiger partial charge in [-0.1, -0.05) is 53.7 Å². The molecule has 0 spiro atoms. The van der Waals surface area contributed by atoms with Crippen molar-refractivity contribution >= 4 is 34.4 Å². The highest BCUT2D eigenvalue weighted by molar-refractivity contribution is 8.15. The van der Waals surface area contributed by atoms with E-state index in [0.29, 0.717) is 5.56 Å². The van der Waals surface area contributed by atoms with E-state index >= 15 is 0 Å². The van der Waals surface area contributed by atoms with Gasteiger partial charge >= 0.3 is 5.69 Å². The first-order valence-electron chi connectivity index (χ1n) is 10.4. The second kappa shape index (κ2) is 9.97. The lowest BCUT2D eigenvalue weighted by Crippen LogP contribution is -2.29. The average Bonchev–Trinajstić information content (AvgIpc) is 3.13. The molecule has 0 saturated carbocycles. The molecule has 180 valence electrons. The number of aromatic amines is 2. The van der Waals surface area contributed by atoms with Crippen LogP contribution in [0.5, 0.6) is 5.88 Å². The van der Waals surface area contributed by atoms with Crippen molar-refractivity contribution in [1.82, 2.24) is 15.3 Å². The first kappa shape index (κ1) is 24.0. The molecule has 35 heavy (non-hydrogen) atoms. The molecule has 1 saturated heterocycles. The molecule has 2 atom stereocenters. The maximum absolute atomic E-state index is 13.8. The number of amidine groups is 1. The Morgan fingerprint density at radius 3 is 2.54 bits per heavy atom. The van der Waals surface area contributed by atoms with Crippen LogP contribution in [0.1, 0.15) is 29.2 Å². The van der Waals surface area contributed by atoms with Gasteiger partial charge in [-0.25, -0.2) is 14.2 Å². The van der Waals surface area contributed by atoms with Crippen molar-refractivity contribution in [3.05, 3.63) is 91.9 Å². The van der Waals surface area contributed by atoms with Crippen LogP contribution in [-0.2, 0) is 9.59 Å². The fourth-order valence-corrected chi connectivity index (χ4v) is 4.44. The summed E-state index contributed by atoms with van der Waals surface area (Å²) in [5, 5.41) is 14.6. The second-order valence-corrected chi connectivity index (χ2v) is 8.94. The number of anilines is 1. The summed E-state index contributed by atoms with van der Waals surface area (Å²) in [4.78, 5) is 57.5. The van der Waals surface area contributed by atoms with Crippen molar-refractivity contribution in [3.63, 3.8) is 0 Å². The van der Waals surface area contributed by atoms with Gasteiger partial charge in [0.1, 0.15) is 22.7 Å². The molecule has 1 aliphatic rings. The van der Waals surface area contributed by atoms with E-state index in [1.54, 1.807) is 30.3 Å². The zero-order valence-corrected chi connectivity index (χ0v) is 19.1. The number of hydrogen-bond acceptors (Lipinski definition) is 7. The van der Waals surface area contributed by atoms with Crippen molar-refractivity contribution in [2.24, 2.45) is 4.99 Å². The molecule has 4 rings (SSSR count). The van der Waals surface area contributed by atoms with Gasteiger partial charge in [0.2, 0.25) is 17.7 Å². The SMILES string of the molecule is Cc1ccc([C@H](N=C2NC(=O)[C@@H](CC(=O)Nc3ccccc3F)S2)c2c(O)[nH]c(=O)[nH]c2=O)cc1. The minimum atomic E-state index is -1.06. The van der Waals surface area contributed by atoms with Crippen LogP contribution in [0.2, 0.25) is 0 Å². The van der Waals surface area contributed by atoms with Gasteiger partial charge in [0.25, 0.3) is 5.56 Å². The van der Waals surface area contributed by atoms with E-state index in [9.17, 15) is 28.7 Å². The first-order chi connectivity index (χ1) is 16.7. The van der Waals surface area contributed by atoms with Crippen molar-refractivity contribution in [1.29, 1.82) is 0 Å². The minimum absolute atomic E-state index is 0.00185. The lowest BCUT2D eigenvalue weighted by molar-refractivity contribution is -0.122. The van der Waals surface area contributed by atoms with Crippen LogP contribution in [0.3, 0.4) is 0 Å². The zero-order valence-electron chi connectivity index (χ0n) is 18.3. The Morgan fingerprint density at radius 1 is 1.14 bits per heavy atom. The summed E-state index contributed by atoms with van der Waals surface area (Å²) in [6.45, 7) is 1.87. The molecule has 1 fully saturated rings. The summed E-state index contributed by atoms with van der Waals surface area (Å²) < 4.78 is 13.8. The summed E-state index contributed by atoms with van der Waals surface area (Å²) in [6.07, 6.45) is -0.246. The number of amides is 2. The van der Waals surface area contributed by atoms with Gasteiger partial charge in [-0.2, -0.15) is 0 Å². The van der Waals surface area contributed by atoms with Crippen LogP contribution in [-0.4, -0.2) is 37.3 Å². The number of H-pyrrole nitrogens is 2. The number of aryl methyl sites for hydroxylation is 1. The van der Waals surface area contributed by atoms with Gasteiger partial charge in [0.05, 0.1) is 5.69 Å². The number of para-hydroxylation sites is 1. The number of aromatic nitrogens is 2. The monoisotopic (exact) mass is 497 g/mol. The van der Waals surface area contributed by atoms with Crippen LogP contribution >= 0.6 is 11.8 Å². The highest BCUT2D eigenvalue weighted by Crippen LogP contribution is 2.32. The Kier molecular flexibility index (Phi) is 6.82. The summed E-state index contributed by atoms with van der Waals surface area (Å²) in [7, 11) is 0. The number of carbonyl (C=O) groups is 2. The average molecular weight is 498 g/mol. The van der Waals surface area contributed by atoms with Crippen LogP contribution in [0.25, 0.3) is 0 Å². The number of aromatic hydroxyl groups is 1. The van der Waals surface area contributed by atoms with Crippen molar-refractivity contribution < 1.29 is 19.1 Å². The molecular formula is C23H20FN5O5S. The number of rotatable bonds is 6. The Balaban J connectivity index is 1.60. The lowest BCUT2D eigenvalue weighted by atomic mass is 10.00. The van der Waals surface area contributed by atoms with E-state index in [1.165, 1.54) is 18.2 Å². The molecule has 10 nitrogen and oxygen atoms in total. The normalized spacial score (nSPS) is 17.3. The fourth-order valence-electron chi connectivity index (χ4n) is 3.44. The third kappa shape index (κ3) is 5.49. The summed E-state index contributed by atoms with van der Waals surface area (Å²) in [5.41, 5.74) is -0.457. The molecule has 3 aromatic rings. The quantitative estimate of drug-likeness (QED) is 0.350. The highest BCUT2D eigenvalue weighted by Gasteiger charge is 2.34. The summed E-state index contributed by atoms with van der Waals surface area (Å²) >= 11 is 0.966. The van der Waals surface area contributed by atoms with Crippen molar-refractivity contribution in [2.75, 3.05) is 5.32 Å². The number of carbonyl (C=O) groups excluding carboxylic acids is 2. The number of nitrogens with one attached hydrogen (secondary N) is 4. The largest absolute Gasteiger partial charge is 0.494 e. The van der Waals surface area contributed by atoms with Crippen LogP contribution in [0.4, 0.5) is 10.1 Å². The number of aliphatic imine (C=N–C) groups is 1. The number of benzene rings is 2.